The van der Waals surface area contributed by atoms with Gasteiger partial charge in [0.1, 0.15) is 5.82 Å². The summed E-state index contributed by atoms with van der Waals surface area (Å²) in [6.07, 6.45) is 4.43. The second-order valence-electron chi connectivity index (χ2n) is 6.97. The van der Waals surface area contributed by atoms with Gasteiger partial charge in [0.15, 0.2) is 5.82 Å². The Kier molecular flexibility index (Phi) is 4.75. The fourth-order valence-electron chi connectivity index (χ4n) is 3.30. The number of halogens is 2. The zero-order valence-electron chi connectivity index (χ0n) is 14.1. The summed E-state index contributed by atoms with van der Waals surface area (Å²) < 4.78 is 45.8. The fraction of sp³-hybridized carbons (Fsp3) is 0.529. The van der Waals surface area contributed by atoms with Gasteiger partial charge in [0.2, 0.25) is 15.9 Å². The van der Waals surface area contributed by atoms with Crippen molar-refractivity contribution in [1.82, 2.24) is 14.4 Å². The van der Waals surface area contributed by atoms with Gasteiger partial charge in [-0.1, -0.05) is 16.8 Å². The van der Waals surface area contributed by atoms with Gasteiger partial charge in [0, 0.05) is 25.4 Å². The van der Waals surface area contributed by atoms with Crippen molar-refractivity contribution in [2.75, 3.05) is 13.1 Å². The van der Waals surface area contributed by atoms with Crippen molar-refractivity contribution >= 4 is 21.6 Å². The number of benzene rings is 1. The molecule has 1 aromatic carbocycles. The highest BCUT2D eigenvalue weighted by molar-refractivity contribution is 7.89. The molecule has 1 unspecified atom stereocenters. The number of hydrogen-bond donors (Lipinski definition) is 0. The summed E-state index contributed by atoms with van der Waals surface area (Å²) in [6, 6.07) is 3.49. The van der Waals surface area contributed by atoms with E-state index in [2.05, 4.69) is 10.1 Å². The molecule has 2 aliphatic rings. The first-order valence-electron chi connectivity index (χ1n) is 8.71. The average Bonchev–Trinajstić information content (AvgIpc) is 3.37. The van der Waals surface area contributed by atoms with Crippen molar-refractivity contribution in [3.05, 3.63) is 40.8 Å². The van der Waals surface area contributed by atoms with Crippen molar-refractivity contribution in [2.24, 2.45) is 5.92 Å². The van der Waals surface area contributed by atoms with Crippen LogP contribution in [0.1, 0.15) is 43.3 Å². The van der Waals surface area contributed by atoms with Crippen LogP contribution >= 0.6 is 11.6 Å². The summed E-state index contributed by atoms with van der Waals surface area (Å²) in [5, 5.41) is 3.81. The van der Waals surface area contributed by atoms with Crippen molar-refractivity contribution in [2.45, 2.75) is 42.9 Å². The molecule has 1 aromatic heterocycles. The highest BCUT2D eigenvalue weighted by atomic mass is 35.5. The molecule has 0 radical (unpaired) electrons. The molecule has 0 bridgehead atoms. The zero-order chi connectivity index (χ0) is 18.3. The van der Waals surface area contributed by atoms with Crippen molar-refractivity contribution in [1.29, 1.82) is 0 Å². The molecule has 4 rings (SSSR count). The van der Waals surface area contributed by atoms with Crippen LogP contribution in [0, 0.1) is 11.7 Å². The maximum atomic E-state index is 13.3. The van der Waals surface area contributed by atoms with Crippen LogP contribution < -0.4 is 0 Å². The Morgan fingerprint density at radius 2 is 2.12 bits per heavy atom. The van der Waals surface area contributed by atoms with Crippen LogP contribution in [0.2, 0.25) is 5.02 Å². The van der Waals surface area contributed by atoms with E-state index < -0.39 is 15.8 Å². The molecule has 2 aromatic rings. The Morgan fingerprint density at radius 1 is 1.31 bits per heavy atom. The zero-order valence-corrected chi connectivity index (χ0v) is 15.6. The number of rotatable bonds is 5. The van der Waals surface area contributed by atoms with E-state index in [1.807, 2.05) is 0 Å². The number of hydrogen-bond acceptors (Lipinski definition) is 5. The predicted molar refractivity (Wildman–Crippen MR) is 92.9 cm³/mol. The van der Waals surface area contributed by atoms with Crippen molar-refractivity contribution in [3.8, 4) is 0 Å². The Labute approximate surface area is 156 Å². The van der Waals surface area contributed by atoms with E-state index in [9.17, 15) is 12.8 Å². The quantitative estimate of drug-likeness (QED) is 0.770. The monoisotopic (exact) mass is 399 g/mol. The highest BCUT2D eigenvalue weighted by Crippen LogP contribution is 2.38. The lowest BCUT2D eigenvalue weighted by atomic mass is 9.96. The molecule has 0 spiro atoms. The van der Waals surface area contributed by atoms with Gasteiger partial charge in [0.05, 0.1) is 9.92 Å². The fourth-order valence-corrected chi connectivity index (χ4v) is 5.13. The van der Waals surface area contributed by atoms with Crippen LogP contribution in [0.25, 0.3) is 0 Å². The molecule has 0 amide bonds. The predicted octanol–water partition coefficient (Wildman–Crippen LogP) is 3.38. The van der Waals surface area contributed by atoms with E-state index in [0.29, 0.717) is 31.3 Å². The van der Waals surface area contributed by atoms with Crippen molar-refractivity contribution < 1.29 is 17.3 Å². The first-order chi connectivity index (χ1) is 12.4. The third kappa shape index (κ3) is 3.63. The minimum atomic E-state index is -3.71. The van der Waals surface area contributed by atoms with Gasteiger partial charge < -0.3 is 4.52 Å². The Hall–Kier alpha value is -1.51. The maximum absolute atomic E-state index is 13.3. The number of piperidine rings is 1. The van der Waals surface area contributed by atoms with Gasteiger partial charge in [-0.05, 0) is 49.8 Å². The first-order valence-corrected chi connectivity index (χ1v) is 10.5. The number of sulfonamides is 1. The Bertz CT molecular complexity index is 914. The summed E-state index contributed by atoms with van der Waals surface area (Å²) in [6.45, 7) is 0.809. The second-order valence-corrected chi connectivity index (χ2v) is 9.32. The maximum Gasteiger partial charge on any atom is 0.243 e. The van der Waals surface area contributed by atoms with E-state index in [1.54, 1.807) is 0 Å². The molecule has 2 fully saturated rings. The summed E-state index contributed by atoms with van der Waals surface area (Å²) >= 11 is 5.74. The molecule has 1 saturated carbocycles. The Balaban J connectivity index is 1.47. The first kappa shape index (κ1) is 17.9. The third-order valence-electron chi connectivity index (χ3n) is 4.90. The summed E-state index contributed by atoms with van der Waals surface area (Å²) in [7, 11) is -3.71. The normalized spacial score (nSPS) is 21.8. The lowest BCUT2D eigenvalue weighted by Crippen LogP contribution is -2.40. The minimum absolute atomic E-state index is 0.0124. The van der Waals surface area contributed by atoms with Crippen molar-refractivity contribution in [3.63, 3.8) is 0 Å². The topological polar surface area (TPSA) is 76.3 Å². The lowest BCUT2D eigenvalue weighted by molar-refractivity contribution is 0.247. The van der Waals surface area contributed by atoms with Gasteiger partial charge in [-0.25, -0.2) is 12.8 Å². The van der Waals surface area contributed by atoms with Crippen LogP contribution in [-0.4, -0.2) is 36.0 Å². The molecular formula is C17H19ClFN3O3S. The summed E-state index contributed by atoms with van der Waals surface area (Å²) in [5.41, 5.74) is 0. The van der Waals surface area contributed by atoms with Crippen LogP contribution in [0.5, 0.6) is 0 Å². The van der Waals surface area contributed by atoms with Gasteiger partial charge in [-0.15, -0.1) is 0 Å². The molecule has 2 heterocycles. The molecular weight excluding hydrogens is 381 g/mol. The Morgan fingerprint density at radius 3 is 2.85 bits per heavy atom. The van der Waals surface area contributed by atoms with Gasteiger partial charge in [-0.3, -0.25) is 0 Å². The van der Waals surface area contributed by atoms with Crippen LogP contribution in [0.4, 0.5) is 4.39 Å². The van der Waals surface area contributed by atoms with Gasteiger partial charge in [-0.2, -0.15) is 9.29 Å². The van der Waals surface area contributed by atoms with Crippen LogP contribution in [0.15, 0.2) is 27.6 Å². The van der Waals surface area contributed by atoms with E-state index in [-0.39, 0.29) is 15.8 Å². The molecule has 26 heavy (non-hydrogen) atoms. The molecule has 1 saturated heterocycles. The molecule has 1 aliphatic carbocycles. The van der Waals surface area contributed by atoms with E-state index in [0.717, 1.165) is 43.6 Å². The number of nitrogens with zero attached hydrogens (tertiary/aromatic N) is 3. The average molecular weight is 400 g/mol. The van der Waals surface area contributed by atoms with Gasteiger partial charge >= 0.3 is 0 Å². The molecule has 1 atom stereocenters. The highest BCUT2D eigenvalue weighted by Gasteiger charge is 2.33. The lowest BCUT2D eigenvalue weighted by Gasteiger charge is -2.31. The molecule has 0 N–H and O–H groups in total. The van der Waals surface area contributed by atoms with E-state index in [1.165, 1.54) is 10.4 Å². The smallest absolute Gasteiger partial charge is 0.243 e. The molecule has 6 nitrogen and oxygen atoms in total. The van der Waals surface area contributed by atoms with Gasteiger partial charge in [0.25, 0.3) is 0 Å². The second kappa shape index (κ2) is 6.90. The summed E-state index contributed by atoms with van der Waals surface area (Å²) in [5.74, 6) is 1.24. The largest absolute Gasteiger partial charge is 0.339 e. The van der Waals surface area contributed by atoms with E-state index in [4.69, 9.17) is 16.1 Å². The van der Waals surface area contributed by atoms with E-state index >= 15 is 0 Å². The SMILES string of the molecule is O=S(=O)(c1ccc(F)c(Cl)c1)N1CCCC(Cc2nc(C3CC3)no2)C1. The van der Waals surface area contributed by atoms with Crippen LogP contribution in [0.3, 0.4) is 0 Å². The molecule has 1 aliphatic heterocycles. The summed E-state index contributed by atoms with van der Waals surface area (Å²) in [4.78, 5) is 4.44. The standard InChI is InChI=1S/C17H19ClFN3O3S/c18-14-9-13(5-6-15(14)19)26(23,24)22-7-1-2-11(10-22)8-16-20-17(21-25-16)12-3-4-12/h5-6,9,11-12H,1-4,7-8,10H2. The van der Waals surface area contributed by atoms with Crippen LogP contribution in [-0.2, 0) is 16.4 Å². The minimum Gasteiger partial charge on any atom is -0.339 e. The molecule has 140 valence electrons. The number of aromatic nitrogens is 2. The third-order valence-corrected chi connectivity index (χ3v) is 7.05. The molecule has 9 heteroatoms.